The van der Waals surface area contributed by atoms with Crippen LogP contribution >= 0.6 is 15.9 Å². The second-order valence-corrected chi connectivity index (χ2v) is 8.61. The highest BCUT2D eigenvalue weighted by molar-refractivity contribution is 9.10. The van der Waals surface area contributed by atoms with Crippen LogP contribution < -0.4 is 9.47 Å². The van der Waals surface area contributed by atoms with Crippen LogP contribution in [0.1, 0.15) is 44.2 Å². The zero-order valence-corrected chi connectivity index (χ0v) is 19.3. The summed E-state index contributed by atoms with van der Waals surface area (Å²) in [5.41, 5.74) is 1.81. The molecule has 8 heteroatoms. The molecule has 31 heavy (non-hydrogen) atoms. The second kappa shape index (κ2) is 9.09. The number of hydrogen-bond donors (Lipinski definition) is 0. The molecule has 0 aliphatic carbocycles. The molecule has 0 N–H and O–H groups in total. The Morgan fingerprint density at radius 2 is 1.97 bits per heavy atom. The van der Waals surface area contributed by atoms with Gasteiger partial charge in [-0.05, 0) is 56.2 Å². The van der Waals surface area contributed by atoms with E-state index in [-0.39, 0.29) is 18.1 Å². The first-order chi connectivity index (χ1) is 14.9. The average Bonchev–Trinajstić information content (AvgIpc) is 3.37. The number of benzene rings is 2. The third-order valence-corrected chi connectivity index (χ3v) is 5.63. The van der Waals surface area contributed by atoms with Gasteiger partial charge in [-0.15, -0.1) is 0 Å². The van der Waals surface area contributed by atoms with Gasteiger partial charge in [0.25, 0.3) is 0 Å². The van der Waals surface area contributed by atoms with E-state index in [1.54, 1.807) is 12.0 Å². The van der Waals surface area contributed by atoms with E-state index in [4.69, 9.17) is 14.0 Å². The average molecular weight is 486 g/mol. The van der Waals surface area contributed by atoms with Gasteiger partial charge in [-0.25, -0.2) is 0 Å². The summed E-state index contributed by atoms with van der Waals surface area (Å²) in [6.07, 6.45) is 1.16. The number of hydrogen-bond acceptors (Lipinski definition) is 6. The van der Waals surface area contributed by atoms with E-state index in [2.05, 4.69) is 26.1 Å². The summed E-state index contributed by atoms with van der Waals surface area (Å²) in [5, 5.41) is 4.15. The van der Waals surface area contributed by atoms with Crippen molar-refractivity contribution in [2.24, 2.45) is 0 Å². The Bertz CT molecular complexity index is 1060. The van der Waals surface area contributed by atoms with Crippen molar-refractivity contribution in [3.63, 3.8) is 0 Å². The highest BCUT2D eigenvalue weighted by Gasteiger charge is 2.36. The van der Waals surface area contributed by atoms with Crippen LogP contribution in [0.15, 0.2) is 51.5 Å². The predicted molar refractivity (Wildman–Crippen MR) is 119 cm³/mol. The Labute approximate surface area is 189 Å². The molecule has 162 valence electrons. The van der Waals surface area contributed by atoms with Crippen molar-refractivity contribution >= 4 is 21.8 Å². The summed E-state index contributed by atoms with van der Waals surface area (Å²) in [7, 11) is 1.60. The molecule has 0 saturated carbocycles. The summed E-state index contributed by atoms with van der Waals surface area (Å²) in [4.78, 5) is 18.9. The summed E-state index contributed by atoms with van der Waals surface area (Å²) < 4.78 is 17.8. The van der Waals surface area contributed by atoms with Crippen LogP contribution in [0.2, 0.25) is 0 Å². The van der Waals surface area contributed by atoms with E-state index in [0.29, 0.717) is 42.6 Å². The maximum atomic E-state index is 12.5. The molecule has 1 saturated heterocycles. The molecular weight excluding hydrogens is 462 g/mol. The number of methoxy groups -OCH3 is 1. The second-order valence-electron chi connectivity index (χ2n) is 7.69. The van der Waals surface area contributed by atoms with Crippen molar-refractivity contribution in [2.75, 3.05) is 7.11 Å². The topological polar surface area (TPSA) is 77.7 Å². The van der Waals surface area contributed by atoms with E-state index in [1.807, 2.05) is 56.3 Å². The van der Waals surface area contributed by atoms with E-state index in [0.717, 1.165) is 15.6 Å². The first kappa shape index (κ1) is 21.4. The number of carbonyl (C=O) groups excluding carboxylic acids is 1. The minimum absolute atomic E-state index is 0.0353. The molecule has 0 spiro atoms. The molecule has 1 amide bonds. The van der Waals surface area contributed by atoms with Crippen molar-refractivity contribution < 1.29 is 18.8 Å². The zero-order valence-electron chi connectivity index (χ0n) is 17.7. The van der Waals surface area contributed by atoms with Crippen LogP contribution in [0.3, 0.4) is 0 Å². The minimum Gasteiger partial charge on any atom is -0.493 e. The van der Waals surface area contributed by atoms with Crippen LogP contribution in [0.25, 0.3) is 11.4 Å². The maximum Gasteiger partial charge on any atom is 0.249 e. The maximum absolute atomic E-state index is 12.5. The summed E-state index contributed by atoms with van der Waals surface area (Å²) in [6.45, 7) is 4.42. The Balaban J connectivity index is 1.56. The van der Waals surface area contributed by atoms with Gasteiger partial charge >= 0.3 is 0 Å². The molecule has 1 aliphatic heterocycles. The predicted octanol–water partition coefficient (Wildman–Crippen LogP) is 5.16. The van der Waals surface area contributed by atoms with Gasteiger partial charge in [0.15, 0.2) is 11.5 Å². The number of ether oxygens (including phenoxy) is 2. The quantitative estimate of drug-likeness (QED) is 0.459. The fraction of sp³-hybridized carbons (Fsp3) is 0.348. The smallest absolute Gasteiger partial charge is 0.249 e. The molecule has 3 aromatic rings. The van der Waals surface area contributed by atoms with Crippen LogP contribution in [0.5, 0.6) is 11.5 Å². The molecule has 7 nitrogen and oxygen atoms in total. The standard InChI is InChI=1S/C23H24BrN3O4/c1-14(2)30-19-10-6-16(12-20(19)29-3)22-25-23(31-26-22)18-9-11-21(28)27(18)13-15-4-7-17(24)8-5-15/h4-8,10,12,14,18H,9,11,13H2,1-3H3. The Morgan fingerprint density at radius 3 is 2.68 bits per heavy atom. The normalized spacial score (nSPS) is 16.2. The molecule has 1 aliphatic rings. The molecule has 4 rings (SSSR count). The number of amides is 1. The molecule has 2 heterocycles. The third kappa shape index (κ3) is 4.74. The van der Waals surface area contributed by atoms with Crippen LogP contribution in [-0.4, -0.2) is 34.2 Å². The highest BCUT2D eigenvalue weighted by Crippen LogP contribution is 2.36. The number of carbonyl (C=O) groups is 1. The van der Waals surface area contributed by atoms with Crippen molar-refractivity contribution in [1.82, 2.24) is 15.0 Å². The molecule has 1 fully saturated rings. The first-order valence-corrected chi connectivity index (χ1v) is 11.0. The van der Waals surface area contributed by atoms with Crippen LogP contribution in [0, 0.1) is 0 Å². The van der Waals surface area contributed by atoms with Crippen molar-refractivity contribution in [3.05, 3.63) is 58.4 Å². The largest absolute Gasteiger partial charge is 0.493 e. The lowest BCUT2D eigenvalue weighted by molar-refractivity contribution is -0.129. The third-order valence-electron chi connectivity index (χ3n) is 5.11. The summed E-state index contributed by atoms with van der Waals surface area (Å²) >= 11 is 3.44. The molecule has 0 bridgehead atoms. The van der Waals surface area contributed by atoms with Gasteiger partial charge in [-0.3, -0.25) is 4.79 Å². The van der Waals surface area contributed by atoms with E-state index in [1.165, 1.54) is 0 Å². The minimum atomic E-state index is -0.233. The van der Waals surface area contributed by atoms with E-state index < -0.39 is 0 Å². The van der Waals surface area contributed by atoms with Gasteiger partial charge in [0.1, 0.15) is 6.04 Å². The molecular formula is C23H24BrN3O4. The number of likely N-dealkylation sites (tertiary alicyclic amines) is 1. The number of nitrogens with zero attached hydrogens (tertiary/aromatic N) is 3. The van der Waals surface area contributed by atoms with Gasteiger partial charge in [0.05, 0.1) is 13.2 Å². The van der Waals surface area contributed by atoms with Crippen LogP contribution in [0.4, 0.5) is 0 Å². The van der Waals surface area contributed by atoms with E-state index in [9.17, 15) is 4.79 Å². The highest BCUT2D eigenvalue weighted by atomic mass is 79.9. The lowest BCUT2D eigenvalue weighted by Gasteiger charge is -2.22. The Morgan fingerprint density at radius 1 is 1.19 bits per heavy atom. The zero-order chi connectivity index (χ0) is 22.0. The van der Waals surface area contributed by atoms with Gasteiger partial charge < -0.3 is 18.9 Å². The van der Waals surface area contributed by atoms with Crippen molar-refractivity contribution in [2.45, 2.75) is 45.4 Å². The molecule has 0 radical (unpaired) electrons. The Kier molecular flexibility index (Phi) is 6.27. The fourth-order valence-corrected chi connectivity index (χ4v) is 3.89. The Hall–Kier alpha value is -2.87. The van der Waals surface area contributed by atoms with Gasteiger partial charge in [-0.2, -0.15) is 4.98 Å². The fourth-order valence-electron chi connectivity index (χ4n) is 3.62. The first-order valence-electron chi connectivity index (χ1n) is 10.2. The number of rotatable bonds is 7. The van der Waals surface area contributed by atoms with Crippen LogP contribution in [-0.2, 0) is 11.3 Å². The molecule has 1 aromatic heterocycles. The van der Waals surface area contributed by atoms with Crippen molar-refractivity contribution in [1.29, 1.82) is 0 Å². The van der Waals surface area contributed by atoms with Gasteiger partial charge in [-0.1, -0.05) is 33.2 Å². The number of aromatic nitrogens is 2. The van der Waals surface area contributed by atoms with Gasteiger partial charge in [0, 0.05) is 23.0 Å². The lowest BCUT2D eigenvalue weighted by atomic mass is 10.1. The molecule has 1 atom stereocenters. The van der Waals surface area contributed by atoms with Crippen molar-refractivity contribution in [3.8, 4) is 22.9 Å². The monoisotopic (exact) mass is 485 g/mol. The van der Waals surface area contributed by atoms with Gasteiger partial charge in [0.2, 0.25) is 17.6 Å². The molecule has 1 unspecified atom stereocenters. The number of halogens is 1. The lowest BCUT2D eigenvalue weighted by Crippen LogP contribution is -2.27. The van der Waals surface area contributed by atoms with E-state index >= 15 is 0 Å². The summed E-state index contributed by atoms with van der Waals surface area (Å²) in [6, 6.07) is 13.2. The SMILES string of the molecule is COc1cc(-c2noc(C3CCC(=O)N3Cc3ccc(Br)cc3)n2)ccc1OC(C)C. The summed E-state index contributed by atoms with van der Waals surface area (Å²) in [5.74, 6) is 2.24. The molecule has 2 aromatic carbocycles.